The Bertz CT molecular complexity index is 268. The first-order chi connectivity index (χ1) is 8.20. The average Bonchev–Trinajstić information content (AvgIpc) is 2.33. The van der Waals surface area contributed by atoms with Crippen LogP contribution in [0.2, 0.25) is 0 Å². The molecule has 0 aromatic rings. The lowest BCUT2D eigenvalue weighted by Crippen LogP contribution is -2.58. The summed E-state index contributed by atoms with van der Waals surface area (Å²) in [6, 6.07) is -0.303. The van der Waals surface area contributed by atoms with Gasteiger partial charge in [0.25, 0.3) is 0 Å². The molecule has 17 heavy (non-hydrogen) atoms. The third-order valence-electron chi connectivity index (χ3n) is 2.84. The molecule has 98 valence electrons. The number of rotatable bonds is 7. The molecule has 0 spiro atoms. The van der Waals surface area contributed by atoms with Gasteiger partial charge in [0, 0.05) is 19.8 Å². The fourth-order valence-electron chi connectivity index (χ4n) is 1.97. The number of hydrogen-bond donors (Lipinski definition) is 1. The van der Waals surface area contributed by atoms with Crippen molar-refractivity contribution in [3.8, 4) is 0 Å². The summed E-state index contributed by atoms with van der Waals surface area (Å²) in [5.41, 5.74) is 0. The lowest BCUT2D eigenvalue weighted by atomic mass is 10.1. The normalized spacial score (nSPS) is 20.6. The zero-order valence-corrected chi connectivity index (χ0v) is 10.7. The van der Waals surface area contributed by atoms with Crippen LogP contribution >= 0.6 is 0 Å². The third kappa shape index (κ3) is 4.00. The zero-order valence-electron chi connectivity index (χ0n) is 10.7. The Morgan fingerprint density at radius 2 is 2.12 bits per heavy atom. The summed E-state index contributed by atoms with van der Waals surface area (Å²) in [5.74, 6) is -0.0338. The van der Waals surface area contributed by atoms with Crippen LogP contribution < -0.4 is 5.32 Å². The van der Waals surface area contributed by atoms with Crippen molar-refractivity contribution in [1.82, 2.24) is 10.2 Å². The second-order valence-corrected chi connectivity index (χ2v) is 4.19. The Balaban J connectivity index is 2.37. The van der Waals surface area contributed by atoms with Gasteiger partial charge in [-0.25, -0.2) is 0 Å². The van der Waals surface area contributed by atoms with E-state index < -0.39 is 0 Å². The molecular weight excluding hydrogens is 220 g/mol. The van der Waals surface area contributed by atoms with Crippen molar-refractivity contribution in [2.75, 3.05) is 26.3 Å². The Hall–Kier alpha value is -1.10. The molecule has 0 aromatic heterocycles. The maximum absolute atomic E-state index is 11.7. The number of piperazine rings is 1. The Morgan fingerprint density at radius 1 is 1.35 bits per heavy atom. The molecule has 1 atom stereocenters. The zero-order chi connectivity index (χ0) is 12.7. The molecule has 1 aliphatic heterocycles. The molecule has 0 aromatic carbocycles. The minimum Gasteiger partial charge on any atom is -0.381 e. The van der Waals surface area contributed by atoms with Crippen molar-refractivity contribution in [2.24, 2.45) is 0 Å². The van der Waals surface area contributed by atoms with E-state index >= 15 is 0 Å². The molecule has 0 bridgehead atoms. The van der Waals surface area contributed by atoms with Crippen molar-refractivity contribution in [3.05, 3.63) is 0 Å². The number of nitrogens with one attached hydrogen (secondary N) is 1. The number of nitrogens with zero attached hydrogens (tertiary/aromatic N) is 1. The SMILES string of the molecule is CCCOCCCN1C(=O)CNC(=O)C1CC. The maximum Gasteiger partial charge on any atom is 0.243 e. The van der Waals surface area contributed by atoms with E-state index in [2.05, 4.69) is 12.2 Å². The summed E-state index contributed by atoms with van der Waals surface area (Å²) in [5, 5.41) is 2.61. The van der Waals surface area contributed by atoms with Crippen LogP contribution in [0.25, 0.3) is 0 Å². The first kappa shape index (κ1) is 14.0. The minimum atomic E-state index is -0.303. The lowest BCUT2D eigenvalue weighted by Gasteiger charge is -2.34. The second-order valence-electron chi connectivity index (χ2n) is 4.19. The fourth-order valence-corrected chi connectivity index (χ4v) is 1.97. The third-order valence-corrected chi connectivity index (χ3v) is 2.84. The van der Waals surface area contributed by atoms with Crippen LogP contribution in [-0.2, 0) is 14.3 Å². The summed E-state index contributed by atoms with van der Waals surface area (Å²) in [7, 11) is 0. The van der Waals surface area contributed by atoms with Crippen LogP contribution in [0.1, 0.15) is 33.1 Å². The largest absolute Gasteiger partial charge is 0.381 e. The van der Waals surface area contributed by atoms with Crippen molar-refractivity contribution in [2.45, 2.75) is 39.2 Å². The molecule has 1 saturated heterocycles. The average molecular weight is 242 g/mol. The Morgan fingerprint density at radius 3 is 2.76 bits per heavy atom. The molecule has 1 rings (SSSR count). The Labute approximate surface area is 102 Å². The number of ether oxygens (including phenoxy) is 1. The molecule has 0 radical (unpaired) electrons. The topological polar surface area (TPSA) is 58.6 Å². The highest BCUT2D eigenvalue weighted by atomic mass is 16.5. The number of amides is 2. The number of carbonyl (C=O) groups is 2. The van der Waals surface area contributed by atoms with Gasteiger partial charge >= 0.3 is 0 Å². The van der Waals surface area contributed by atoms with Gasteiger partial charge in [-0.2, -0.15) is 0 Å². The lowest BCUT2D eigenvalue weighted by molar-refractivity contribution is -0.145. The van der Waals surface area contributed by atoms with Gasteiger partial charge in [-0.05, 0) is 19.3 Å². The van der Waals surface area contributed by atoms with Gasteiger partial charge in [0.05, 0.1) is 6.54 Å². The van der Waals surface area contributed by atoms with E-state index in [1.54, 1.807) is 4.90 Å². The molecule has 1 fully saturated rings. The van der Waals surface area contributed by atoms with Gasteiger partial charge in [-0.1, -0.05) is 13.8 Å². The highest BCUT2D eigenvalue weighted by Crippen LogP contribution is 2.10. The summed E-state index contributed by atoms with van der Waals surface area (Å²) < 4.78 is 5.37. The number of hydrogen-bond acceptors (Lipinski definition) is 3. The molecule has 0 aliphatic carbocycles. The quantitative estimate of drug-likeness (QED) is 0.663. The smallest absolute Gasteiger partial charge is 0.243 e. The van der Waals surface area contributed by atoms with Gasteiger partial charge < -0.3 is 15.0 Å². The van der Waals surface area contributed by atoms with Crippen molar-refractivity contribution < 1.29 is 14.3 Å². The van der Waals surface area contributed by atoms with Gasteiger partial charge in [-0.3, -0.25) is 9.59 Å². The molecule has 1 aliphatic rings. The second kappa shape index (κ2) is 7.27. The van der Waals surface area contributed by atoms with E-state index in [4.69, 9.17) is 4.74 Å². The summed E-state index contributed by atoms with van der Waals surface area (Å²) in [6.45, 7) is 6.12. The van der Waals surface area contributed by atoms with Crippen LogP contribution in [0.3, 0.4) is 0 Å². The predicted octanol–water partition coefficient (Wildman–Crippen LogP) is 0.540. The van der Waals surface area contributed by atoms with E-state index in [-0.39, 0.29) is 24.4 Å². The minimum absolute atomic E-state index is 0.00643. The first-order valence-corrected chi connectivity index (χ1v) is 6.35. The molecule has 5 nitrogen and oxygen atoms in total. The molecule has 1 unspecified atom stereocenters. The maximum atomic E-state index is 11.7. The summed E-state index contributed by atoms with van der Waals surface area (Å²) >= 11 is 0. The van der Waals surface area contributed by atoms with Gasteiger partial charge in [0.1, 0.15) is 6.04 Å². The van der Waals surface area contributed by atoms with E-state index in [0.717, 1.165) is 19.4 Å². The van der Waals surface area contributed by atoms with Crippen molar-refractivity contribution in [3.63, 3.8) is 0 Å². The highest BCUT2D eigenvalue weighted by Gasteiger charge is 2.32. The molecule has 1 heterocycles. The molecule has 2 amide bonds. The molecule has 5 heteroatoms. The summed E-state index contributed by atoms with van der Waals surface area (Å²) in [6.07, 6.45) is 2.45. The highest BCUT2D eigenvalue weighted by molar-refractivity contribution is 5.94. The van der Waals surface area contributed by atoms with Crippen LogP contribution in [-0.4, -0.2) is 49.1 Å². The van der Waals surface area contributed by atoms with Gasteiger partial charge in [-0.15, -0.1) is 0 Å². The van der Waals surface area contributed by atoms with E-state index in [1.807, 2.05) is 6.92 Å². The predicted molar refractivity (Wildman–Crippen MR) is 64.5 cm³/mol. The molecule has 0 saturated carbocycles. The first-order valence-electron chi connectivity index (χ1n) is 6.35. The molecule has 1 N–H and O–H groups in total. The fraction of sp³-hybridized carbons (Fsp3) is 0.833. The van der Waals surface area contributed by atoms with E-state index in [0.29, 0.717) is 19.6 Å². The van der Waals surface area contributed by atoms with E-state index in [1.165, 1.54) is 0 Å². The van der Waals surface area contributed by atoms with Crippen LogP contribution in [0.4, 0.5) is 0 Å². The van der Waals surface area contributed by atoms with Crippen LogP contribution in [0.15, 0.2) is 0 Å². The Kier molecular flexibility index (Phi) is 5.97. The summed E-state index contributed by atoms with van der Waals surface area (Å²) in [4.78, 5) is 25.0. The van der Waals surface area contributed by atoms with Crippen molar-refractivity contribution >= 4 is 11.8 Å². The van der Waals surface area contributed by atoms with Crippen molar-refractivity contribution in [1.29, 1.82) is 0 Å². The standard InChI is InChI=1S/C12H22N2O3/c1-3-7-17-8-5-6-14-10(4-2)12(16)13-9-11(14)15/h10H,3-9H2,1-2H3,(H,13,16). The monoisotopic (exact) mass is 242 g/mol. The van der Waals surface area contributed by atoms with Gasteiger partial charge in [0.15, 0.2) is 0 Å². The number of carbonyl (C=O) groups excluding carboxylic acids is 2. The van der Waals surface area contributed by atoms with E-state index in [9.17, 15) is 9.59 Å². The van der Waals surface area contributed by atoms with Crippen LogP contribution in [0, 0.1) is 0 Å². The molecular formula is C12H22N2O3. The van der Waals surface area contributed by atoms with Crippen LogP contribution in [0.5, 0.6) is 0 Å². The van der Waals surface area contributed by atoms with Gasteiger partial charge in [0.2, 0.25) is 11.8 Å².